The number of carbonyl (C=O) groups excluding carboxylic acids is 1. The third-order valence-corrected chi connectivity index (χ3v) is 3.54. The van der Waals surface area contributed by atoms with Gasteiger partial charge in [-0.1, -0.05) is 76.9 Å². The van der Waals surface area contributed by atoms with Crippen LogP contribution in [0.4, 0.5) is 0 Å². The Balaban J connectivity index is -0.000000704. The van der Waals surface area contributed by atoms with Crippen LogP contribution in [0.5, 0.6) is 0 Å². The van der Waals surface area contributed by atoms with Crippen LogP contribution < -0.4 is 29.6 Å². The molecular weight excluding hydrogens is 351 g/mol. The zero-order valence-corrected chi connectivity index (χ0v) is 18.9. The minimum absolute atomic E-state index is 0. The maximum absolute atomic E-state index is 10.0. The predicted molar refractivity (Wildman–Crippen MR) is 99.3 cm³/mol. The van der Waals surface area contributed by atoms with Crippen molar-refractivity contribution in [1.82, 2.24) is 0 Å². The van der Waals surface area contributed by atoms with E-state index in [2.05, 4.69) is 19.1 Å². The quantitative estimate of drug-likeness (QED) is 0.148. The molecule has 0 rings (SSSR count). The molecule has 0 aliphatic rings. The number of rotatable bonds is 15. The Morgan fingerprint density at radius 1 is 0.760 bits per heavy atom. The van der Waals surface area contributed by atoms with Crippen molar-refractivity contribution in [1.29, 1.82) is 0 Å². The second-order valence-corrected chi connectivity index (χ2v) is 6.82. The van der Waals surface area contributed by atoms with Gasteiger partial charge in [0, 0.05) is 0 Å². The largest absolute Gasteiger partial charge is 1.00 e. The number of unbranched alkanes of at least 4 members (excludes halogenated alkanes) is 12. The Hall–Kier alpha value is 0.280. The van der Waals surface area contributed by atoms with Gasteiger partial charge in [0.05, 0.1) is 0 Å². The van der Waals surface area contributed by atoms with Crippen molar-refractivity contribution in [2.45, 2.75) is 96.8 Å². The molecule has 5 nitrogen and oxygen atoms in total. The zero-order valence-electron chi connectivity index (χ0n) is 16.1. The Kier molecular flexibility index (Phi) is 29.2. The van der Waals surface area contributed by atoms with E-state index < -0.39 is 10.4 Å². The Labute approximate surface area is 176 Å². The fourth-order valence-corrected chi connectivity index (χ4v) is 2.27. The van der Waals surface area contributed by atoms with Crippen LogP contribution in [0.2, 0.25) is 0 Å². The number of allylic oxidation sites excluding steroid dienone is 2. The molecule has 25 heavy (non-hydrogen) atoms. The van der Waals surface area contributed by atoms with Crippen LogP contribution in [-0.4, -0.2) is 23.8 Å². The van der Waals surface area contributed by atoms with Gasteiger partial charge in [-0.2, -0.15) is 14.8 Å². The summed E-state index contributed by atoms with van der Waals surface area (Å²) in [5, 5.41) is 0. The summed E-state index contributed by atoms with van der Waals surface area (Å²) in [5.41, 5.74) is 0. The Morgan fingerprint density at radius 3 is 1.52 bits per heavy atom. The van der Waals surface area contributed by atoms with E-state index in [4.69, 9.17) is 17.5 Å². The Morgan fingerprint density at radius 2 is 1.12 bits per heavy atom. The van der Waals surface area contributed by atoms with Gasteiger partial charge in [0.2, 0.25) is 0 Å². The SMILES string of the molecule is CCCCCCCCC=CCCCCCCC[C-]=O.O=S(=O)(O)O.[Na+]. The number of hydrogen-bond donors (Lipinski definition) is 2. The van der Waals surface area contributed by atoms with Crippen LogP contribution in [-0.2, 0) is 15.2 Å². The molecule has 0 saturated carbocycles. The van der Waals surface area contributed by atoms with Crippen molar-refractivity contribution >= 4 is 16.7 Å². The van der Waals surface area contributed by atoms with E-state index in [9.17, 15) is 4.79 Å². The summed E-state index contributed by atoms with van der Waals surface area (Å²) in [6.07, 6.45) is 24.2. The monoisotopic (exact) mass is 386 g/mol. The van der Waals surface area contributed by atoms with E-state index in [1.54, 1.807) is 0 Å². The second-order valence-electron chi connectivity index (χ2n) is 5.93. The molecule has 0 aliphatic heterocycles. The first-order chi connectivity index (χ1) is 11.4. The molecule has 0 aromatic rings. The molecule has 0 fully saturated rings. The van der Waals surface area contributed by atoms with E-state index in [0.29, 0.717) is 6.42 Å². The maximum atomic E-state index is 10.0. The van der Waals surface area contributed by atoms with Crippen molar-refractivity contribution in [2.24, 2.45) is 0 Å². The smallest absolute Gasteiger partial charge is 0.542 e. The average Bonchev–Trinajstić information content (AvgIpc) is 2.49. The van der Waals surface area contributed by atoms with Crippen molar-refractivity contribution in [3.63, 3.8) is 0 Å². The fraction of sp³-hybridized carbons (Fsp3) is 0.833. The van der Waals surface area contributed by atoms with Crippen LogP contribution in [0.3, 0.4) is 0 Å². The summed E-state index contributed by atoms with van der Waals surface area (Å²) < 4.78 is 31.6. The first kappa shape index (κ1) is 30.0. The molecule has 0 amide bonds. The van der Waals surface area contributed by atoms with Crippen molar-refractivity contribution < 1.29 is 51.9 Å². The summed E-state index contributed by atoms with van der Waals surface area (Å²) in [4.78, 5) is 10.0. The van der Waals surface area contributed by atoms with E-state index in [1.807, 2.05) is 6.29 Å². The van der Waals surface area contributed by atoms with Crippen LogP contribution in [0.15, 0.2) is 12.2 Å². The first-order valence-corrected chi connectivity index (χ1v) is 10.5. The molecular formula is C18H35NaO5S. The van der Waals surface area contributed by atoms with E-state index in [0.717, 1.165) is 6.42 Å². The summed E-state index contributed by atoms with van der Waals surface area (Å²) >= 11 is 0. The third-order valence-electron chi connectivity index (χ3n) is 3.54. The first-order valence-electron chi connectivity index (χ1n) is 9.11. The van der Waals surface area contributed by atoms with Gasteiger partial charge < -0.3 is 4.79 Å². The van der Waals surface area contributed by atoms with Crippen LogP contribution in [0.1, 0.15) is 96.8 Å². The topological polar surface area (TPSA) is 91.7 Å². The molecule has 0 radical (unpaired) electrons. The second kappa shape index (κ2) is 24.3. The predicted octanol–water partition coefficient (Wildman–Crippen LogP) is 2.48. The molecule has 0 heterocycles. The molecule has 0 saturated heterocycles. The van der Waals surface area contributed by atoms with Gasteiger partial charge in [0.25, 0.3) is 0 Å². The van der Waals surface area contributed by atoms with Gasteiger partial charge in [-0.3, -0.25) is 15.4 Å². The summed E-state index contributed by atoms with van der Waals surface area (Å²) in [6.45, 7) is 2.27. The van der Waals surface area contributed by atoms with Gasteiger partial charge >= 0.3 is 40.0 Å². The minimum atomic E-state index is -4.67. The van der Waals surface area contributed by atoms with Gasteiger partial charge in [-0.05, 0) is 25.7 Å². The molecule has 144 valence electrons. The third kappa shape index (κ3) is 45.5. The van der Waals surface area contributed by atoms with E-state index in [1.165, 1.54) is 77.0 Å². The Bertz CT molecular complexity index is 375. The normalized spacial score (nSPS) is 10.8. The molecule has 0 aromatic carbocycles. The number of hydrogen-bond acceptors (Lipinski definition) is 3. The van der Waals surface area contributed by atoms with Gasteiger partial charge in [-0.25, -0.2) is 0 Å². The molecule has 0 unspecified atom stereocenters. The van der Waals surface area contributed by atoms with Gasteiger partial charge in [0.15, 0.2) is 0 Å². The van der Waals surface area contributed by atoms with Crippen LogP contribution >= 0.6 is 0 Å². The summed E-state index contributed by atoms with van der Waals surface area (Å²) in [7, 11) is -4.67. The van der Waals surface area contributed by atoms with E-state index >= 15 is 0 Å². The van der Waals surface area contributed by atoms with E-state index in [-0.39, 0.29) is 29.6 Å². The molecule has 0 aliphatic carbocycles. The van der Waals surface area contributed by atoms with Crippen molar-refractivity contribution in [2.75, 3.05) is 0 Å². The molecule has 7 heteroatoms. The van der Waals surface area contributed by atoms with Crippen LogP contribution in [0.25, 0.3) is 0 Å². The molecule has 0 bridgehead atoms. The zero-order chi connectivity index (χ0) is 18.5. The molecule has 2 N–H and O–H groups in total. The fourth-order valence-electron chi connectivity index (χ4n) is 2.27. The van der Waals surface area contributed by atoms with Gasteiger partial charge in [0.1, 0.15) is 0 Å². The van der Waals surface area contributed by atoms with Crippen molar-refractivity contribution in [3.8, 4) is 0 Å². The molecule has 0 atom stereocenters. The van der Waals surface area contributed by atoms with Crippen LogP contribution in [0, 0.1) is 0 Å². The summed E-state index contributed by atoms with van der Waals surface area (Å²) in [5.74, 6) is 0. The molecule has 0 aromatic heterocycles. The van der Waals surface area contributed by atoms with Gasteiger partial charge in [-0.15, -0.1) is 0 Å². The minimum Gasteiger partial charge on any atom is -0.542 e. The molecule has 0 spiro atoms. The standard InChI is InChI=1S/C18H33O.Na.H2O4S/c1-2-3-4-5-6-7-8-9-10-11-12-13-14-15-16-17-18-19;;1-5(2,3)4/h9-10H,2-8,11-17H2,1H3;;(H2,1,2,3,4)/q-1;+1;. The van der Waals surface area contributed by atoms with Crippen molar-refractivity contribution in [3.05, 3.63) is 12.2 Å². The average molecular weight is 387 g/mol. The maximum Gasteiger partial charge on any atom is 1.00 e. The summed E-state index contributed by atoms with van der Waals surface area (Å²) in [6, 6.07) is 0.